The second-order valence-corrected chi connectivity index (χ2v) is 4.77. The van der Waals surface area contributed by atoms with Gasteiger partial charge in [-0.25, -0.2) is 0 Å². The number of hydrogen-bond acceptors (Lipinski definition) is 3. The van der Waals surface area contributed by atoms with Crippen molar-refractivity contribution in [1.82, 2.24) is 10.7 Å². The van der Waals surface area contributed by atoms with Crippen molar-refractivity contribution >= 4 is 23.0 Å². The number of hydrogen-bond donors (Lipinski definition) is 2. The van der Waals surface area contributed by atoms with E-state index in [0.29, 0.717) is 5.11 Å². The Balaban J connectivity index is 2.59. The molecule has 0 unspecified atom stereocenters. The lowest BCUT2D eigenvalue weighted by molar-refractivity contribution is 0.415. The zero-order valence-corrected chi connectivity index (χ0v) is 13.2. The molecule has 0 aliphatic heterocycles. The Kier molecular flexibility index (Phi) is 7.65. The van der Waals surface area contributed by atoms with Gasteiger partial charge in [0.25, 0.3) is 0 Å². The monoisotopic (exact) mass is 293 g/mol. The summed E-state index contributed by atoms with van der Waals surface area (Å²) in [6.45, 7) is 5.09. The van der Waals surface area contributed by atoms with Gasteiger partial charge < -0.3 is 10.1 Å². The topological polar surface area (TPSA) is 45.7 Å². The molecule has 1 aromatic rings. The summed E-state index contributed by atoms with van der Waals surface area (Å²) in [7, 11) is 1.66. The van der Waals surface area contributed by atoms with Gasteiger partial charge in [-0.15, -0.1) is 0 Å². The maximum absolute atomic E-state index is 5.17. The summed E-state index contributed by atoms with van der Waals surface area (Å²) in [5.74, 6) is 0.842. The van der Waals surface area contributed by atoms with Crippen molar-refractivity contribution in [2.45, 2.75) is 33.1 Å². The highest BCUT2D eigenvalue weighted by molar-refractivity contribution is 7.80. The Bertz CT molecular complexity index is 443. The highest BCUT2D eigenvalue weighted by Gasteiger charge is 2.02. The smallest absolute Gasteiger partial charge is 0.186 e. The fraction of sp³-hybridized carbons (Fsp3) is 0.467. The summed E-state index contributed by atoms with van der Waals surface area (Å²) >= 11 is 5.17. The first kappa shape index (κ1) is 16.4. The maximum atomic E-state index is 5.17. The van der Waals surface area contributed by atoms with Gasteiger partial charge in [0.15, 0.2) is 5.11 Å². The minimum absolute atomic E-state index is 0.568. The summed E-state index contributed by atoms with van der Waals surface area (Å²) in [5.41, 5.74) is 4.93. The van der Waals surface area contributed by atoms with Gasteiger partial charge >= 0.3 is 0 Å². The van der Waals surface area contributed by atoms with Gasteiger partial charge in [0.05, 0.1) is 12.8 Å². The van der Waals surface area contributed by atoms with Gasteiger partial charge in [-0.2, -0.15) is 5.10 Å². The van der Waals surface area contributed by atoms with E-state index in [9.17, 15) is 0 Å². The van der Waals surface area contributed by atoms with Crippen LogP contribution in [0.25, 0.3) is 0 Å². The highest BCUT2D eigenvalue weighted by atomic mass is 32.1. The number of hydrazone groups is 1. The number of methoxy groups -OCH3 is 1. The van der Waals surface area contributed by atoms with Gasteiger partial charge in [0.1, 0.15) is 5.75 Å². The Hall–Kier alpha value is -1.62. The Labute approximate surface area is 126 Å². The average Bonchev–Trinajstić information content (AvgIpc) is 2.49. The van der Waals surface area contributed by atoms with Crippen molar-refractivity contribution in [1.29, 1.82) is 0 Å². The molecule has 0 aromatic heterocycles. The molecule has 0 fully saturated rings. The predicted octanol–water partition coefficient (Wildman–Crippen LogP) is 3.07. The van der Waals surface area contributed by atoms with Crippen molar-refractivity contribution < 1.29 is 4.74 Å². The van der Waals surface area contributed by atoms with E-state index < -0.39 is 0 Å². The van der Waals surface area contributed by atoms with E-state index in [-0.39, 0.29) is 0 Å². The summed E-state index contributed by atoms with van der Waals surface area (Å²) in [4.78, 5) is 0. The minimum atomic E-state index is 0.568. The Morgan fingerprint density at radius 3 is 2.50 bits per heavy atom. The van der Waals surface area contributed by atoms with Gasteiger partial charge in [0.2, 0.25) is 0 Å². The number of benzene rings is 1. The third-order valence-electron chi connectivity index (χ3n) is 2.87. The van der Waals surface area contributed by atoms with Gasteiger partial charge in [0, 0.05) is 6.54 Å². The minimum Gasteiger partial charge on any atom is -0.497 e. The van der Waals surface area contributed by atoms with Crippen LogP contribution in [0, 0.1) is 0 Å². The van der Waals surface area contributed by atoms with E-state index in [4.69, 9.17) is 17.0 Å². The molecule has 1 rings (SSSR count). The Morgan fingerprint density at radius 2 is 1.95 bits per heavy atom. The fourth-order valence-corrected chi connectivity index (χ4v) is 1.82. The number of ether oxygens (including phenoxy) is 1. The zero-order valence-electron chi connectivity index (χ0n) is 12.4. The predicted molar refractivity (Wildman–Crippen MR) is 88.5 cm³/mol. The van der Waals surface area contributed by atoms with E-state index in [2.05, 4.69) is 29.7 Å². The molecule has 4 nitrogen and oxygen atoms in total. The molecule has 20 heavy (non-hydrogen) atoms. The van der Waals surface area contributed by atoms with Crippen molar-refractivity contribution in [2.75, 3.05) is 13.7 Å². The molecule has 1 aromatic carbocycles. The van der Waals surface area contributed by atoms with E-state index in [1.807, 2.05) is 24.3 Å². The molecule has 0 aliphatic carbocycles. The van der Waals surface area contributed by atoms with Crippen LogP contribution in [0.3, 0.4) is 0 Å². The van der Waals surface area contributed by atoms with Crippen LogP contribution in [0.15, 0.2) is 29.4 Å². The standard InChI is InChI=1S/C15H23N3OS/c1-4-6-11-16-15(20)18-17-14(5-2)12-7-9-13(19-3)10-8-12/h7-10H,4-6,11H2,1-3H3,(H2,16,18,20)/b17-14-. The van der Waals surface area contributed by atoms with Crippen LogP contribution >= 0.6 is 12.2 Å². The molecule has 0 saturated carbocycles. The summed E-state index contributed by atoms with van der Waals surface area (Å²) in [6.07, 6.45) is 3.08. The van der Waals surface area contributed by atoms with Crippen molar-refractivity contribution in [3.05, 3.63) is 29.8 Å². The lowest BCUT2D eigenvalue weighted by Gasteiger charge is -2.09. The van der Waals surface area contributed by atoms with Crippen molar-refractivity contribution in [3.8, 4) is 5.75 Å². The molecule has 5 heteroatoms. The molecule has 0 spiro atoms. The van der Waals surface area contributed by atoms with E-state index in [0.717, 1.165) is 42.8 Å². The fourth-order valence-electron chi connectivity index (χ4n) is 1.67. The molecule has 0 radical (unpaired) electrons. The van der Waals surface area contributed by atoms with Crippen LogP contribution in [-0.4, -0.2) is 24.5 Å². The van der Waals surface area contributed by atoms with Crippen LogP contribution in [0.4, 0.5) is 0 Å². The first-order valence-corrected chi connectivity index (χ1v) is 7.36. The number of thiocarbonyl (C=S) groups is 1. The third-order valence-corrected chi connectivity index (χ3v) is 3.10. The molecular formula is C15H23N3OS. The van der Waals surface area contributed by atoms with Crippen LogP contribution in [0.1, 0.15) is 38.7 Å². The number of rotatable bonds is 7. The second kappa shape index (κ2) is 9.31. The van der Waals surface area contributed by atoms with Crippen LogP contribution in [0.5, 0.6) is 5.75 Å². The first-order valence-electron chi connectivity index (χ1n) is 6.96. The molecule has 0 atom stereocenters. The SMILES string of the molecule is CCCCNC(=S)N/N=C(/CC)c1ccc(OC)cc1. The van der Waals surface area contributed by atoms with E-state index in [1.165, 1.54) is 0 Å². The molecule has 0 amide bonds. The second-order valence-electron chi connectivity index (χ2n) is 4.36. The quantitative estimate of drug-likeness (QED) is 0.351. The first-order chi connectivity index (χ1) is 9.71. The lowest BCUT2D eigenvalue weighted by atomic mass is 10.1. The molecule has 0 aliphatic rings. The van der Waals surface area contributed by atoms with Crippen molar-refractivity contribution in [2.24, 2.45) is 5.10 Å². The molecule has 110 valence electrons. The number of unbranched alkanes of at least 4 members (excludes halogenated alkanes) is 1. The third kappa shape index (κ3) is 5.57. The van der Waals surface area contributed by atoms with Crippen LogP contribution < -0.4 is 15.5 Å². The highest BCUT2D eigenvalue weighted by Crippen LogP contribution is 2.13. The van der Waals surface area contributed by atoms with Crippen LogP contribution in [0.2, 0.25) is 0 Å². The van der Waals surface area contributed by atoms with E-state index >= 15 is 0 Å². The van der Waals surface area contributed by atoms with E-state index in [1.54, 1.807) is 7.11 Å². The molecule has 2 N–H and O–H groups in total. The summed E-state index contributed by atoms with van der Waals surface area (Å²) < 4.78 is 5.15. The molecule has 0 saturated heterocycles. The molecule has 0 bridgehead atoms. The normalized spacial score (nSPS) is 11.1. The van der Waals surface area contributed by atoms with Crippen LogP contribution in [-0.2, 0) is 0 Å². The zero-order chi connectivity index (χ0) is 14.8. The van der Waals surface area contributed by atoms with Gasteiger partial charge in [-0.1, -0.05) is 20.3 Å². The summed E-state index contributed by atoms with van der Waals surface area (Å²) in [6, 6.07) is 7.85. The average molecular weight is 293 g/mol. The number of nitrogens with one attached hydrogen (secondary N) is 2. The Morgan fingerprint density at radius 1 is 1.25 bits per heavy atom. The number of nitrogens with zero attached hydrogens (tertiary/aromatic N) is 1. The molecular weight excluding hydrogens is 270 g/mol. The largest absolute Gasteiger partial charge is 0.497 e. The lowest BCUT2D eigenvalue weighted by Crippen LogP contribution is -2.33. The summed E-state index contributed by atoms with van der Waals surface area (Å²) in [5, 5.41) is 8.06. The molecule has 0 heterocycles. The maximum Gasteiger partial charge on any atom is 0.186 e. The van der Waals surface area contributed by atoms with Gasteiger partial charge in [-0.3, -0.25) is 5.43 Å². The van der Waals surface area contributed by atoms with Gasteiger partial charge in [-0.05, 0) is 54.9 Å². The van der Waals surface area contributed by atoms with Crippen molar-refractivity contribution in [3.63, 3.8) is 0 Å².